The zero-order chi connectivity index (χ0) is 15.9. The van der Waals surface area contributed by atoms with E-state index in [2.05, 4.69) is 15.5 Å². The van der Waals surface area contributed by atoms with Gasteiger partial charge in [0.15, 0.2) is 4.77 Å². The standard InChI is InChI=1S/C15H18N4O2S/c1-11-17-18-15(22)19(11)9-8-16-14(20)7-6-12-4-3-5-13(10-12)21-2/h3-7,10H,8-9H2,1-2H3,(H,16,20)(H,18,22)/b7-6+. The van der Waals surface area contributed by atoms with Crippen molar-refractivity contribution in [2.45, 2.75) is 13.5 Å². The van der Waals surface area contributed by atoms with Crippen molar-refractivity contribution in [1.82, 2.24) is 20.1 Å². The molecule has 2 aromatic rings. The SMILES string of the molecule is COc1cccc(/C=C/C(=O)NCCn2c(C)n[nH]c2=S)c1. The highest BCUT2D eigenvalue weighted by molar-refractivity contribution is 7.71. The van der Waals surface area contributed by atoms with Crippen molar-refractivity contribution >= 4 is 24.2 Å². The molecule has 0 radical (unpaired) electrons. The van der Waals surface area contributed by atoms with Gasteiger partial charge in [-0.25, -0.2) is 0 Å². The van der Waals surface area contributed by atoms with Gasteiger partial charge in [0.1, 0.15) is 11.6 Å². The van der Waals surface area contributed by atoms with E-state index in [9.17, 15) is 4.79 Å². The van der Waals surface area contributed by atoms with Crippen molar-refractivity contribution in [3.05, 3.63) is 46.5 Å². The molecule has 0 aliphatic carbocycles. The molecule has 0 unspecified atom stereocenters. The molecule has 22 heavy (non-hydrogen) atoms. The van der Waals surface area contributed by atoms with Gasteiger partial charge in [0.25, 0.3) is 0 Å². The fraction of sp³-hybridized carbons (Fsp3) is 0.267. The smallest absolute Gasteiger partial charge is 0.244 e. The normalized spacial score (nSPS) is 10.8. The molecule has 1 aromatic carbocycles. The number of nitrogens with zero attached hydrogens (tertiary/aromatic N) is 2. The Kier molecular flexibility index (Phi) is 5.48. The molecule has 2 rings (SSSR count). The largest absolute Gasteiger partial charge is 0.497 e. The second-order valence-corrected chi connectivity index (χ2v) is 5.02. The van der Waals surface area contributed by atoms with Crippen LogP contribution in [0.25, 0.3) is 6.08 Å². The molecule has 2 N–H and O–H groups in total. The van der Waals surface area contributed by atoms with Crippen LogP contribution in [0.4, 0.5) is 0 Å². The second-order valence-electron chi connectivity index (χ2n) is 4.63. The first-order valence-corrected chi connectivity index (χ1v) is 7.23. The number of benzene rings is 1. The molecule has 0 saturated heterocycles. The van der Waals surface area contributed by atoms with E-state index in [-0.39, 0.29) is 5.91 Å². The third kappa shape index (κ3) is 4.29. The first kappa shape index (κ1) is 16.0. The number of aromatic amines is 1. The zero-order valence-electron chi connectivity index (χ0n) is 12.5. The lowest BCUT2D eigenvalue weighted by Gasteiger charge is -2.04. The monoisotopic (exact) mass is 318 g/mol. The number of aryl methyl sites for hydroxylation is 1. The fourth-order valence-corrected chi connectivity index (χ4v) is 2.20. The minimum absolute atomic E-state index is 0.157. The summed E-state index contributed by atoms with van der Waals surface area (Å²) in [5, 5.41) is 9.53. The van der Waals surface area contributed by atoms with Crippen LogP contribution in [0.2, 0.25) is 0 Å². The van der Waals surface area contributed by atoms with Crippen LogP contribution in [0.15, 0.2) is 30.3 Å². The summed E-state index contributed by atoms with van der Waals surface area (Å²) in [5.41, 5.74) is 0.905. The van der Waals surface area contributed by atoms with Crippen LogP contribution in [0.1, 0.15) is 11.4 Å². The number of ether oxygens (including phenoxy) is 1. The number of carbonyl (C=O) groups is 1. The lowest BCUT2D eigenvalue weighted by Crippen LogP contribution is -2.25. The number of hydrogen-bond donors (Lipinski definition) is 2. The van der Waals surface area contributed by atoms with Crippen molar-refractivity contribution in [3.8, 4) is 5.75 Å². The van der Waals surface area contributed by atoms with Gasteiger partial charge in [-0.3, -0.25) is 9.89 Å². The van der Waals surface area contributed by atoms with Crippen LogP contribution < -0.4 is 10.1 Å². The number of carbonyl (C=O) groups excluding carboxylic acids is 1. The van der Waals surface area contributed by atoms with E-state index in [4.69, 9.17) is 17.0 Å². The van der Waals surface area contributed by atoms with Gasteiger partial charge in [0, 0.05) is 19.2 Å². The molecule has 0 saturated carbocycles. The van der Waals surface area contributed by atoms with Crippen LogP contribution in [0.5, 0.6) is 5.75 Å². The molecule has 116 valence electrons. The highest BCUT2D eigenvalue weighted by Gasteiger charge is 2.01. The van der Waals surface area contributed by atoms with Crippen molar-refractivity contribution < 1.29 is 9.53 Å². The predicted octanol–water partition coefficient (Wildman–Crippen LogP) is 2.09. The summed E-state index contributed by atoms with van der Waals surface area (Å²) in [6.45, 7) is 2.92. The van der Waals surface area contributed by atoms with Gasteiger partial charge in [-0.2, -0.15) is 5.10 Å². The van der Waals surface area contributed by atoms with E-state index in [0.29, 0.717) is 17.9 Å². The molecular weight excluding hydrogens is 300 g/mol. The van der Waals surface area contributed by atoms with Crippen molar-refractivity contribution in [2.24, 2.45) is 0 Å². The summed E-state index contributed by atoms with van der Waals surface area (Å²) in [6.07, 6.45) is 3.24. The second kappa shape index (κ2) is 7.56. The number of rotatable bonds is 6. The third-order valence-corrected chi connectivity index (χ3v) is 3.42. The van der Waals surface area contributed by atoms with Gasteiger partial charge in [-0.1, -0.05) is 12.1 Å². The molecule has 6 nitrogen and oxygen atoms in total. The van der Waals surface area contributed by atoms with Crippen molar-refractivity contribution in [2.75, 3.05) is 13.7 Å². The van der Waals surface area contributed by atoms with Crippen molar-refractivity contribution in [1.29, 1.82) is 0 Å². The number of H-pyrrole nitrogens is 1. The van der Waals surface area contributed by atoms with E-state index >= 15 is 0 Å². The molecule has 0 aliphatic heterocycles. The number of hydrogen-bond acceptors (Lipinski definition) is 4. The average molecular weight is 318 g/mol. The third-order valence-electron chi connectivity index (χ3n) is 3.10. The summed E-state index contributed by atoms with van der Waals surface area (Å²) in [5.74, 6) is 1.40. The maximum Gasteiger partial charge on any atom is 0.244 e. The van der Waals surface area contributed by atoms with Gasteiger partial charge < -0.3 is 14.6 Å². The maximum atomic E-state index is 11.8. The van der Waals surface area contributed by atoms with Crippen LogP contribution >= 0.6 is 12.2 Å². The number of aromatic nitrogens is 3. The molecule has 1 aromatic heterocycles. The molecule has 1 heterocycles. The molecule has 1 amide bonds. The Morgan fingerprint density at radius 2 is 2.36 bits per heavy atom. The molecular formula is C15H18N4O2S. The van der Waals surface area contributed by atoms with Crippen LogP contribution in [-0.2, 0) is 11.3 Å². The van der Waals surface area contributed by atoms with Gasteiger partial charge in [-0.15, -0.1) is 0 Å². The maximum absolute atomic E-state index is 11.8. The van der Waals surface area contributed by atoms with E-state index < -0.39 is 0 Å². The molecule has 0 atom stereocenters. The summed E-state index contributed by atoms with van der Waals surface area (Å²) in [6, 6.07) is 7.49. The minimum atomic E-state index is -0.157. The lowest BCUT2D eigenvalue weighted by atomic mass is 10.2. The summed E-state index contributed by atoms with van der Waals surface area (Å²) in [7, 11) is 1.61. The summed E-state index contributed by atoms with van der Waals surface area (Å²) < 4.78 is 7.52. The first-order chi connectivity index (χ1) is 10.6. The Labute approximate surface area is 133 Å². The molecule has 0 fully saturated rings. The zero-order valence-corrected chi connectivity index (χ0v) is 13.3. The average Bonchev–Trinajstić information content (AvgIpc) is 2.85. The predicted molar refractivity (Wildman–Crippen MR) is 87.2 cm³/mol. The van der Waals surface area contributed by atoms with Crippen LogP contribution in [0.3, 0.4) is 0 Å². The number of nitrogens with one attached hydrogen (secondary N) is 2. The van der Waals surface area contributed by atoms with E-state index in [1.807, 2.05) is 35.8 Å². The highest BCUT2D eigenvalue weighted by Crippen LogP contribution is 2.13. The first-order valence-electron chi connectivity index (χ1n) is 6.82. The van der Waals surface area contributed by atoms with Gasteiger partial charge >= 0.3 is 0 Å². The Bertz CT molecular complexity index is 733. The summed E-state index contributed by atoms with van der Waals surface area (Å²) in [4.78, 5) is 11.8. The highest BCUT2D eigenvalue weighted by atomic mass is 32.1. The van der Waals surface area contributed by atoms with E-state index in [0.717, 1.165) is 17.1 Å². The number of amides is 1. The van der Waals surface area contributed by atoms with E-state index in [1.165, 1.54) is 6.08 Å². The molecule has 0 bridgehead atoms. The molecule has 0 aliphatic rings. The summed E-state index contributed by atoms with van der Waals surface area (Å²) >= 11 is 5.10. The quantitative estimate of drug-likeness (QED) is 0.632. The Hall–Kier alpha value is -2.41. The number of methoxy groups -OCH3 is 1. The van der Waals surface area contributed by atoms with E-state index in [1.54, 1.807) is 13.2 Å². The minimum Gasteiger partial charge on any atom is -0.497 e. The van der Waals surface area contributed by atoms with Gasteiger partial charge in [-0.05, 0) is 42.9 Å². The molecule has 0 spiro atoms. The molecule has 7 heteroatoms. The van der Waals surface area contributed by atoms with Crippen LogP contribution in [0, 0.1) is 11.7 Å². The van der Waals surface area contributed by atoms with Crippen molar-refractivity contribution in [3.63, 3.8) is 0 Å². The Morgan fingerprint density at radius 3 is 3.05 bits per heavy atom. The van der Waals surface area contributed by atoms with Crippen LogP contribution in [-0.4, -0.2) is 34.3 Å². The van der Waals surface area contributed by atoms with Gasteiger partial charge in [0.2, 0.25) is 5.91 Å². The topological polar surface area (TPSA) is 71.9 Å². The fourth-order valence-electron chi connectivity index (χ4n) is 1.93. The Balaban J connectivity index is 1.85. The van der Waals surface area contributed by atoms with Gasteiger partial charge in [0.05, 0.1) is 7.11 Å². The lowest BCUT2D eigenvalue weighted by molar-refractivity contribution is -0.116. The Morgan fingerprint density at radius 1 is 1.55 bits per heavy atom.